The Balaban J connectivity index is 1.79. The van der Waals surface area contributed by atoms with Gasteiger partial charge in [0, 0.05) is 25.4 Å². The summed E-state index contributed by atoms with van der Waals surface area (Å²) in [6, 6.07) is 8.77. The van der Waals surface area contributed by atoms with Crippen LogP contribution in [0.2, 0.25) is 0 Å². The summed E-state index contributed by atoms with van der Waals surface area (Å²) in [5.41, 5.74) is 2.88. The first-order valence-electron chi connectivity index (χ1n) is 9.74. The van der Waals surface area contributed by atoms with Gasteiger partial charge in [-0.2, -0.15) is 0 Å². The zero-order chi connectivity index (χ0) is 21.0. The highest BCUT2D eigenvalue weighted by molar-refractivity contribution is 6.39. The number of piperidine rings is 1. The number of aromatic nitrogens is 1. The van der Waals surface area contributed by atoms with E-state index >= 15 is 0 Å². The SMILES string of the molecule is CNC(=O)c1ccc(C2CCC(C)CN2C(=O)C(=O)Nc2cncc(C)c2)cc1. The monoisotopic (exact) mass is 394 g/mol. The smallest absolute Gasteiger partial charge is 0.313 e. The van der Waals surface area contributed by atoms with E-state index in [0.29, 0.717) is 23.7 Å². The Labute approximate surface area is 170 Å². The van der Waals surface area contributed by atoms with E-state index in [1.807, 2.05) is 19.1 Å². The Morgan fingerprint density at radius 2 is 1.83 bits per heavy atom. The third-order valence-electron chi connectivity index (χ3n) is 5.19. The first-order valence-corrected chi connectivity index (χ1v) is 9.74. The molecule has 1 saturated heterocycles. The van der Waals surface area contributed by atoms with Gasteiger partial charge in [-0.3, -0.25) is 19.4 Å². The number of rotatable bonds is 3. The van der Waals surface area contributed by atoms with Crippen molar-refractivity contribution >= 4 is 23.4 Å². The fraction of sp³-hybridized carbons (Fsp3) is 0.364. The first-order chi connectivity index (χ1) is 13.9. The number of aryl methyl sites for hydroxylation is 1. The summed E-state index contributed by atoms with van der Waals surface area (Å²) >= 11 is 0. The van der Waals surface area contributed by atoms with Gasteiger partial charge in [-0.1, -0.05) is 19.1 Å². The number of nitrogens with zero attached hydrogens (tertiary/aromatic N) is 2. The molecule has 7 nitrogen and oxygen atoms in total. The van der Waals surface area contributed by atoms with Gasteiger partial charge in [0.1, 0.15) is 0 Å². The molecule has 2 atom stereocenters. The molecule has 152 valence electrons. The van der Waals surface area contributed by atoms with Crippen LogP contribution in [-0.4, -0.2) is 41.2 Å². The van der Waals surface area contributed by atoms with Gasteiger partial charge in [-0.15, -0.1) is 0 Å². The Hall–Kier alpha value is -3.22. The molecule has 2 heterocycles. The number of carbonyl (C=O) groups excluding carboxylic acids is 3. The van der Waals surface area contributed by atoms with Crippen LogP contribution in [0.1, 0.15) is 47.3 Å². The van der Waals surface area contributed by atoms with Crippen LogP contribution >= 0.6 is 0 Å². The van der Waals surface area contributed by atoms with Crippen LogP contribution in [0.4, 0.5) is 5.69 Å². The van der Waals surface area contributed by atoms with Gasteiger partial charge >= 0.3 is 11.8 Å². The van der Waals surface area contributed by atoms with Gasteiger partial charge in [-0.05, 0) is 55.0 Å². The van der Waals surface area contributed by atoms with Crippen LogP contribution in [0.3, 0.4) is 0 Å². The summed E-state index contributed by atoms with van der Waals surface area (Å²) in [5.74, 6) is -1.07. The summed E-state index contributed by atoms with van der Waals surface area (Å²) < 4.78 is 0. The molecule has 1 aliphatic heterocycles. The number of benzene rings is 1. The van der Waals surface area contributed by atoms with Gasteiger partial charge in [0.05, 0.1) is 17.9 Å². The molecule has 0 spiro atoms. The molecule has 3 amide bonds. The Kier molecular flexibility index (Phi) is 6.26. The van der Waals surface area contributed by atoms with Crippen LogP contribution < -0.4 is 10.6 Å². The van der Waals surface area contributed by atoms with E-state index in [4.69, 9.17) is 0 Å². The quantitative estimate of drug-likeness (QED) is 0.783. The zero-order valence-electron chi connectivity index (χ0n) is 16.9. The maximum absolute atomic E-state index is 13.0. The molecule has 0 saturated carbocycles. The molecule has 1 aromatic carbocycles. The fourth-order valence-electron chi connectivity index (χ4n) is 3.66. The van der Waals surface area contributed by atoms with Crippen molar-refractivity contribution in [2.75, 3.05) is 18.9 Å². The average molecular weight is 394 g/mol. The number of pyridine rings is 1. The van der Waals surface area contributed by atoms with Crippen molar-refractivity contribution in [1.82, 2.24) is 15.2 Å². The van der Waals surface area contributed by atoms with Gasteiger partial charge < -0.3 is 15.5 Å². The van der Waals surface area contributed by atoms with Crippen molar-refractivity contribution in [3.63, 3.8) is 0 Å². The molecule has 29 heavy (non-hydrogen) atoms. The molecule has 1 aliphatic rings. The molecule has 0 bridgehead atoms. The average Bonchev–Trinajstić information content (AvgIpc) is 2.72. The van der Waals surface area contributed by atoms with E-state index in [1.54, 1.807) is 36.3 Å². The lowest BCUT2D eigenvalue weighted by Crippen LogP contribution is -2.46. The fourth-order valence-corrected chi connectivity index (χ4v) is 3.66. The number of likely N-dealkylation sites (tertiary alicyclic amines) is 1. The first kappa shape index (κ1) is 20.5. The second kappa shape index (κ2) is 8.86. The van der Waals surface area contributed by atoms with E-state index < -0.39 is 11.8 Å². The molecule has 0 aliphatic carbocycles. The Morgan fingerprint density at radius 3 is 2.48 bits per heavy atom. The lowest BCUT2D eigenvalue weighted by Gasteiger charge is -2.38. The summed E-state index contributed by atoms with van der Waals surface area (Å²) in [6.07, 6.45) is 4.94. The summed E-state index contributed by atoms with van der Waals surface area (Å²) in [6.45, 7) is 4.46. The van der Waals surface area contributed by atoms with E-state index in [1.165, 1.54) is 6.20 Å². The predicted octanol–water partition coefficient (Wildman–Crippen LogP) is 2.69. The zero-order valence-corrected chi connectivity index (χ0v) is 16.9. The second-order valence-electron chi connectivity index (χ2n) is 7.56. The third-order valence-corrected chi connectivity index (χ3v) is 5.19. The van der Waals surface area contributed by atoms with E-state index in [0.717, 1.165) is 24.0 Å². The molecular weight excluding hydrogens is 368 g/mol. The number of amides is 3. The number of hydrogen-bond donors (Lipinski definition) is 2. The number of hydrogen-bond acceptors (Lipinski definition) is 4. The summed E-state index contributed by atoms with van der Waals surface area (Å²) in [5, 5.41) is 5.25. The number of anilines is 1. The van der Waals surface area contributed by atoms with E-state index in [2.05, 4.69) is 22.5 Å². The van der Waals surface area contributed by atoms with Crippen molar-refractivity contribution < 1.29 is 14.4 Å². The molecule has 0 radical (unpaired) electrons. The highest BCUT2D eigenvalue weighted by atomic mass is 16.2. The second-order valence-corrected chi connectivity index (χ2v) is 7.56. The molecule has 2 aromatic rings. The minimum Gasteiger partial charge on any atom is -0.355 e. The minimum absolute atomic E-state index is 0.159. The lowest BCUT2D eigenvalue weighted by atomic mass is 9.89. The largest absolute Gasteiger partial charge is 0.355 e. The maximum atomic E-state index is 13.0. The van der Waals surface area contributed by atoms with Crippen LogP contribution in [0.25, 0.3) is 0 Å². The van der Waals surface area contributed by atoms with Gasteiger partial charge in [0.25, 0.3) is 5.91 Å². The van der Waals surface area contributed by atoms with Crippen molar-refractivity contribution in [1.29, 1.82) is 0 Å². The van der Waals surface area contributed by atoms with Crippen molar-refractivity contribution in [2.24, 2.45) is 5.92 Å². The highest BCUT2D eigenvalue weighted by Gasteiger charge is 2.34. The van der Waals surface area contributed by atoms with Crippen LogP contribution in [0.5, 0.6) is 0 Å². The normalized spacial score (nSPS) is 18.8. The molecule has 1 aromatic heterocycles. The maximum Gasteiger partial charge on any atom is 0.313 e. The number of nitrogens with one attached hydrogen (secondary N) is 2. The van der Waals surface area contributed by atoms with Crippen molar-refractivity contribution in [2.45, 2.75) is 32.7 Å². The van der Waals surface area contributed by atoms with E-state index in [9.17, 15) is 14.4 Å². The standard InChI is InChI=1S/C22H26N4O3/c1-14-4-9-19(16-5-7-17(8-6-16)20(27)23-3)26(13-14)22(29)21(28)25-18-10-15(2)11-24-12-18/h5-8,10-12,14,19H,4,9,13H2,1-3H3,(H,23,27)(H,25,28). The molecule has 3 rings (SSSR count). The molecule has 2 N–H and O–H groups in total. The third kappa shape index (κ3) is 4.80. The predicted molar refractivity (Wildman–Crippen MR) is 110 cm³/mol. The van der Waals surface area contributed by atoms with Crippen LogP contribution in [0, 0.1) is 12.8 Å². The van der Waals surface area contributed by atoms with Crippen molar-refractivity contribution in [3.8, 4) is 0 Å². The van der Waals surface area contributed by atoms with E-state index in [-0.39, 0.29) is 11.9 Å². The lowest BCUT2D eigenvalue weighted by molar-refractivity contribution is -0.146. The molecule has 7 heteroatoms. The topological polar surface area (TPSA) is 91.4 Å². The Bertz CT molecular complexity index is 911. The van der Waals surface area contributed by atoms with Crippen LogP contribution in [0.15, 0.2) is 42.7 Å². The number of carbonyl (C=O) groups is 3. The summed E-state index contributed by atoms with van der Waals surface area (Å²) in [7, 11) is 1.58. The molecule has 1 fully saturated rings. The van der Waals surface area contributed by atoms with Gasteiger partial charge in [-0.25, -0.2) is 0 Å². The Morgan fingerprint density at radius 1 is 1.10 bits per heavy atom. The summed E-state index contributed by atoms with van der Waals surface area (Å²) in [4.78, 5) is 43.0. The van der Waals surface area contributed by atoms with Gasteiger partial charge in [0.15, 0.2) is 0 Å². The van der Waals surface area contributed by atoms with Crippen LogP contribution in [-0.2, 0) is 9.59 Å². The molecule has 2 unspecified atom stereocenters. The van der Waals surface area contributed by atoms with Gasteiger partial charge in [0.2, 0.25) is 0 Å². The highest BCUT2D eigenvalue weighted by Crippen LogP contribution is 2.33. The molecular formula is C22H26N4O3. The minimum atomic E-state index is -0.668. The van der Waals surface area contributed by atoms with Crippen molar-refractivity contribution in [3.05, 3.63) is 59.4 Å².